The number of aryl methyl sites for hydroxylation is 1. The molecule has 0 radical (unpaired) electrons. The number of aromatic nitrogens is 4. The van der Waals surface area contributed by atoms with Crippen molar-refractivity contribution in [1.29, 1.82) is 0 Å². The number of nitrogens with two attached hydrogens (primary N) is 1. The molecule has 2 aromatic heterocycles. The zero-order valence-corrected chi connectivity index (χ0v) is 10.7. The number of hydrogen-bond donors (Lipinski definition) is 1. The third-order valence-corrected chi connectivity index (χ3v) is 3.09. The lowest BCUT2D eigenvalue weighted by molar-refractivity contribution is 0.789. The first-order valence-corrected chi connectivity index (χ1v) is 6.32. The number of pyridine rings is 1. The Morgan fingerprint density at radius 2 is 2.05 bits per heavy atom. The largest absolute Gasteiger partial charge is 0.326 e. The fraction of sp³-hybridized carbons (Fsp3) is 0.214. The highest BCUT2D eigenvalue weighted by molar-refractivity contribution is 5.75. The molecule has 0 spiro atoms. The molecule has 0 saturated heterocycles. The fourth-order valence-corrected chi connectivity index (χ4v) is 2.08. The molecule has 0 unspecified atom stereocenters. The van der Waals surface area contributed by atoms with Gasteiger partial charge in [0, 0.05) is 12.2 Å². The van der Waals surface area contributed by atoms with Crippen molar-refractivity contribution >= 4 is 11.0 Å². The van der Waals surface area contributed by atoms with Gasteiger partial charge < -0.3 is 5.73 Å². The van der Waals surface area contributed by atoms with Gasteiger partial charge in [0.2, 0.25) is 0 Å². The van der Waals surface area contributed by atoms with E-state index in [2.05, 4.69) is 22.2 Å². The van der Waals surface area contributed by atoms with Crippen molar-refractivity contribution in [3.05, 3.63) is 47.7 Å². The zero-order chi connectivity index (χ0) is 13.2. The molecule has 0 saturated carbocycles. The van der Waals surface area contributed by atoms with Crippen molar-refractivity contribution in [1.82, 2.24) is 20.0 Å². The average molecular weight is 253 g/mol. The second-order valence-corrected chi connectivity index (χ2v) is 4.37. The van der Waals surface area contributed by atoms with E-state index >= 15 is 0 Å². The molecule has 1 aromatic carbocycles. The van der Waals surface area contributed by atoms with E-state index in [4.69, 9.17) is 5.73 Å². The lowest BCUT2D eigenvalue weighted by Crippen LogP contribution is -2.06. The summed E-state index contributed by atoms with van der Waals surface area (Å²) in [6.45, 7) is 2.57. The molecular weight excluding hydrogens is 238 g/mol. The van der Waals surface area contributed by atoms with Crippen LogP contribution in [0.25, 0.3) is 16.9 Å². The Balaban J connectivity index is 2.20. The summed E-state index contributed by atoms with van der Waals surface area (Å²) in [4.78, 5) is 4.60. The summed E-state index contributed by atoms with van der Waals surface area (Å²) in [6, 6.07) is 11.8. The Kier molecular flexibility index (Phi) is 2.97. The van der Waals surface area contributed by atoms with Gasteiger partial charge in [-0.25, -0.2) is 4.98 Å². The van der Waals surface area contributed by atoms with Crippen molar-refractivity contribution in [3.63, 3.8) is 0 Å². The van der Waals surface area contributed by atoms with Crippen molar-refractivity contribution in [3.8, 4) is 5.82 Å². The highest BCUT2D eigenvalue weighted by Gasteiger charge is 2.08. The van der Waals surface area contributed by atoms with Crippen LogP contribution in [0, 0.1) is 0 Å². The Morgan fingerprint density at radius 3 is 2.84 bits per heavy atom. The van der Waals surface area contributed by atoms with Crippen LogP contribution in [0.4, 0.5) is 0 Å². The van der Waals surface area contributed by atoms with Gasteiger partial charge in [-0.2, -0.15) is 4.68 Å². The zero-order valence-electron chi connectivity index (χ0n) is 10.7. The highest BCUT2D eigenvalue weighted by atomic mass is 15.4. The molecule has 19 heavy (non-hydrogen) atoms. The average Bonchev–Trinajstić information content (AvgIpc) is 2.90. The minimum Gasteiger partial charge on any atom is -0.326 e. The summed E-state index contributed by atoms with van der Waals surface area (Å²) in [6.07, 6.45) is 0.869. The minimum atomic E-state index is 0.495. The van der Waals surface area contributed by atoms with Crippen LogP contribution in [-0.4, -0.2) is 20.0 Å². The molecule has 96 valence electrons. The van der Waals surface area contributed by atoms with E-state index in [1.54, 1.807) is 4.68 Å². The highest BCUT2D eigenvalue weighted by Crippen LogP contribution is 2.16. The Bertz CT molecular complexity index is 694. The summed E-state index contributed by atoms with van der Waals surface area (Å²) < 4.78 is 1.76. The molecule has 0 aliphatic carbocycles. The standard InChI is InChI=1S/C14H15N5/c1-2-11-7-10(9-15)8-14(16-11)19-13-6-4-3-5-12(13)17-18-19/h3-8H,2,9,15H2,1H3. The summed E-state index contributed by atoms with van der Waals surface area (Å²) in [5.74, 6) is 0.772. The molecule has 0 aliphatic rings. The number of fused-ring (bicyclic) bond motifs is 1. The molecule has 2 heterocycles. The lowest BCUT2D eigenvalue weighted by atomic mass is 10.2. The van der Waals surface area contributed by atoms with E-state index in [-0.39, 0.29) is 0 Å². The van der Waals surface area contributed by atoms with Gasteiger partial charge in [0.15, 0.2) is 5.82 Å². The van der Waals surface area contributed by atoms with E-state index in [1.807, 2.05) is 36.4 Å². The van der Waals surface area contributed by atoms with Crippen LogP contribution in [-0.2, 0) is 13.0 Å². The summed E-state index contributed by atoms with van der Waals surface area (Å²) in [5, 5.41) is 8.33. The molecule has 3 aromatic rings. The molecule has 0 bridgehead atoms. The van der Waals surface area contributed by atoms with Crippen molar-refractivity contribution in [2.45, 2.75) is 19.9 Å². The lowest BCUT2D eigenvalue weighted by Gasteiger charge is -2.06. The molecule has 0 aliphatic heterocycles. The van der Waals surface area contributed by atoms with Crippen molar-refractivity contribution in [2.75, 3.05) is 0 Å². The molecule has 0 amide bonds. The third kappa shape index (κ3) is 2.08. The molecule has 3 rings (SSSR count). The Hall–Kier alpha value is -2.27. The predicted molar refractivity (Wildman–Crippen MR) is 73.9 cm³/mol. The van der Waals surface area contributed by atoms with Gasteiger partial charge in [0.1, 0.15) is 5.52 Å². The summed E-state index contributed by atoms with van der Waals surface area (Å²) >= 11 is 0. The molecule has 0 atom stereocenters. The van der Waals surface area contributed by atoms with E-state index in [0.717, 1.165) is 34.5 Å². The fourth-order valence-electron chi connectivity index (χ4n) is 2.08. The van der Waals surface area contributed by atoms with Crippen LogP contribution in [0.3, 0.4) is 0 Å². The number of hydrogen-bond acceptors (Lipinski definition) is 4. The molecule has 2 N–H and O–H groups in total. The second-order valence-electron chi connectivity index (χ2n) is 4.37. The number of benzene rings is 1. The maximum absolute atomic E-state index is 5.74. The first kappa shape index (κ1) is 11.8. The van der Waals surface area contributed by atoms with Gasteiger partial charge in [-0.3, -0.25) is 0 Å². The smallest absolute Gasteiger partial charge is 0.156 e. The second kappa shape index (κ2) is 4.78. The van der Waals surface area contributed by atoms with Gasteiger partial charge in [0.05, 0.1) is 5.52 Å². The van der Waals surface area contributed by atoms with Crippen LogP contribution in [0.5, 0.6) is 0 Å². The van der Waals surface area contributed by atoms with Gasteiger partial charge in [-0.15, -0.1) is 5.10 Å². The predicted octanol–water partition coefficient (Wildman–Crippen LogP) is 1.84. The van der Waals surface area contributed by atoms with Crippen LogP contribution < -0.4 is 5.73 Å². The number of nitrogens with zero attached hydrogens (tertiary/aromatic N) is 4. The molecular formula is C14H15N5. The minimum absolute atomic E-state index is 0.495. The molecule has 5 heteroatoms. The van der Waals surface area contributed by atoms with Crippen LogP contribution >= 0.6 is 0 Å². The maximum atomic E-state index is 5.74. The van der Waals surface area contributed by atoms with Crippen molar-refractivity contribution in [2.24, 2.45) is 5.73 Å². The van der Waals surface area contributed by atoms with Crippen molar-refractivity contribution < 1.29 is 0 Å². The van der Waals surface area contributed by atoms with Gasteiger partial charge in [0.25, 0.3) is 0 Å². The SMILES string of the molecule is CCc1cc(CN)cc(-n2nnc3ccccc32)n1. The van der Waals surface area contributed by atoms with E-state index in [1.165, 1.54) is 0 Å². The monoisotopic (exact) mass is 253 g/mol. The van der Waals surface area contributed by atoms with Gasteiger partial charge >= 0.3 is 0 Å². The summed E-state index contributed by atoms with van der Waals surface area (Å²) in [5.41, 5.74) is 9.62. The molecule has 0 fully saturated rings. The Morgan fingerprint density at radius 1 is 1.21 bits per heavy atom. The Labute approximate surface area is 111 Å². The van der Waals surface area contributed by atoms with Crippen LogP contribution in [0.1, 0.15) is 18.2 Å². The first-order valence-electron chi connectivity index (χ1n) is 6.32. The van der Waals surface area contributed by atoms with Gasteiger partial charge in [-0.05, 0) is 36.2 Å². The first-order chi connectivity index (χ1) is 9.31. The normalized spacial score (nSPS) is 11.1. The number of para-hydroxylation sites is 1. The number of rotatable bonds is 3. The third-order valence-electron chi connectivity index (χ3n) is 3.09. The van der Waals surface area contributed by atoms with Crippen LogP contribution in [0.2, 0.25) is 0 Å². The quantitative estimate of drug-likeness (QED) is 0.773. The summed E-state index contributed by atoms with van der Waals surface area (Å²) in [7, 11) is 0. The maximum Gasteiger partial charge on any atom is 0.156 e. The van der Waals surface area contributed by atoms with E-state index in [9.17, 15) is 0 Å². The van der Waals surface area contributed by atoms with Crippen LogP contribution in [0.15, 0.2) is 36.4 Å². The van der Waals surface area contributed by atoms with E-state index in [0.29, 0.717) is 6.54 Å². The van der Waals surface area contributed by atoms with E-state index < -0.39 is 0 Å². The van der Waals surface area contributed by atoms with Gasteiger partial charge in [-0.1, -0.05) is 24.3 Å². The topological polar surface area (TPSA) is 69.6 Å². The molecule has 5 nitrogen and oxygen atoms in total.